The van der Waals surface area contributed by atoms with Gasteiger partial charge in [-0.1, -0.05) is 30.3 Å². The highest BCUT2D eigenvalue weighted by atomic mass is 16.2. The molecular formula is C21H24N4O2. The van der Waals surface area contributed by atoms with E-state index in [0.717, 1.165) is 27.8 Å². The van der Waals surface area contributed by atoms with Gasteiger partial charge in [-0.2, -0.15) is 0 Å². The molecule has 0 saturated carbocycles. The minimum Gasteiger partial charge on any atom is -0.335 e. The largest absolute Gasteiger partial charge is 0.335 e. The Kier molecular flexibility index (Phi) is 5.26. The Hall–Kier alpha value is -3.15. The highest BCUT2D eigenvalue weighted by Crippen LogP contribution is 2.20. The van der Waals surface area contributed by atoms with E-state index in [2.05, 4.69) is 10.3 Å². The van der Waals surface area contributed by atoms with Gasteiger partial charge in [0.05, 0.1) is 23.9 Å². The summed E-state index contributed by atoms with van der Waals surface area (Å²) in [6, 6.07) is 13.1. The first-order chi connectivity index (χ1) is 12.9. The van der Waals surface area contributed by atoms with E-state index in [1.165, 1.54) is 4.90 Å². The first-order valence-electron chi connectivity index (χ1n) is 8.91. The number of carbonyl (C=O) groups is 2. The van der Waals surface area contributed by atoms with E-state index in [0.29, 0.717) is 0 Å². The Morgan fingerprint density at radius 2 is 1.78 bits per heavy atom. The topological polar surface area (TPSA) is 67.2 Å². The predicted molar refractivity (Wildman–Crippen MR) is 107 cm³/mol. The molecule has 1 aromatic heterocycles. The third-order valence-electron chi connectivity index (χ3n) is 4.76. The van der Waals surface area contributed by atoms with Crippen molar-refractivity contribution < 1.29 is 9.59 Å². The molecule has 0 spiro atoms. The van der Waals surface area contributed by atoms with Crippen LogP contribution in [0.5, 0.6) is 0 Å². The summed E-state index contributed by atoms with van der Waals surface area (Å²) in [7, 11) is 1.64. The van der Waals surface area contributed by atoms with Crippen LogP contribution in [0.4, 0.5) is 5.69 Å². The number of carbonyl (C=O) groups excluding carboxylic acids is 2. The minimum atomic E-state index is -0.449. The molecule has 3 aromatic rings. The summed E-state index contributed by atoms with van der Waals surface area (Å²) in [6.45, 7) is 5.70. The van der Waals surface area contributed by atoms with Crippen LogP contribution in [0.3, 0.4) is 0 Å². The average Bonchev–Trinajstić information content (AvgIpc) is 3.07. The Balaban J connectivity index is 1.69. The number of amides is 2. The number of fused-ring (bicyclic) bond motifs is 1. The summed E-state index contributed by atoms with van der Waals surface area (Å²) in [5.74, 6) is -0.360. The Labute approximate surface area is 158 Å². The van der Waals surface area contributed by atoms with Crippen molar-refractivity contribution in [2.24, 2.45) is 0 Å². The number of anilines is 1. The van der Waals surface area contributed by atoms with Crippen molar-refractivity contribution in [3.05, 3.63) is 59.9 Å². The van der Waals surface area contributed by atoms with Crippen molar-refractivity contribution in [1.29, 1.82) is 0 Å². The van der Waals surface area contributed by atoms with Crippen LogP contribution < -0.4 is 5.32 Å². The fourth-order valence-corrected chi connectivity index (χ4v) is 3.21. The maximum atomic E-state index is 12.8. The number of rotatable bonds is 5. The monoisotopic (exact) mass is 364 g/mol. The highest BCUT2D eigenvalue weighted by molar-refractivity contribution is 5.96. The number of imidazole rings is 1. The van der Waals surface area contributed by atoms with Gasteiger partial charge < -0.3 is 14.8 Å². The molecule has 27 heavy (non-hydrogen) atoms. The van der Waals surface area contributed by atoms with E-state index in [1.807, 2.05) is 67.8 Å². The highest BCUT2D eigenvalue weighted by Gasteiger charge is 2.22. The SMILES string of the molecule is Cc1cccc(C)c1NC(=O)CN(C)C(=O)C(C)n1cnc2ccccc21. The number of benzene rings is 2. The van der Waals surface area contributed by atoms with Crippen molar-refractivity contribution >= 4 is 28.5 Å². The zero-order valence-electron chi connectivity index (χ0n) is 16.1. The van der Waals surface area contributed by atoms with Crippen LogP contribution in [0.15, 0.2) is 48.8 Å². The maximum Gasteiger partial charge on any atom is 0.245 e. The summed E-state index contributed by atoms with van der Waals surface area (Å²) in [5.41, 5.74) is 4.53. The number of aromatic nitrogens is 2. The van der Waals surface area contributed by atoms with Gasteiger partial charge in [-0.15, -0.1) is 0 Å². The Morgan fingerprint density at radius 3 is 2.48 bits per heavy atom. The number of aryl methyl sites for hydroxylation is 2. The standard InChI is InChI=1S/C21H24N4O2/c1-14-8-7-9-15(2)20(14)23-19(26)12-24(4)21(27)16(3)25-13-22-17-10-5-6-11-18(17)25/h5-11,13,16H,12H2,1-4H3,(H,23,26). The van der Waals surface area contributed by atoms with Crippen LogP contribution >= 0.6 is 0 Å². The van der Waals surface area contributed by atoms with E-state index in [4.69, 9.17) is 0 Å². The molecule has 1 N–H and O–H groups in total. The van der Waals surface area contributed by atoms with Gasteiger partial charge in [-0.25, -0.2) is 4.98 Å². The van der Waals surface area contributed by atoms with E-state index >= 15 is 0 Å². The minimum absolute atomic E-state index is 0.0103. The lowest BCUT2D eigenvalue weighted by Gasteiger charge is -2.22. The summed E-state index contributed by atoms with van der Waals surface area (Å²) in [5, 5.41) is 2.92. The van der Waals surface area contributed by atoms with Crippen molar-refractivity contribution in [1.82, 2.24) is 14.5 Å². The van der Waals surface area contributed by atoms with Crippen LogP contribution in [0.2, 0.25) is 0 Å². The molecule has 0 aliphatic carbocycles. The molecule has 0 aliphatic rings. The number of nitrogens with one attached hydrogen (secondary N) is 1. The molecule has 1 unspecified atom stereocenters. The van der Waals surface area contributed by atoms with E-state index < -0.39 is 6.04 Å². The van der Waals surface area contributed by atoms with Crippen LogP contribution in [-0.2, 0) is 9.59 Å². The molecule has 0 radical (unpaired) electrons. The summed E-state index contributed by atoms with van der Waals surface area (Å²) < 4.78 is 1.83. The lowest BCUT2D eigenvalue weighted by atomic mass is 10.1. The smallest absolute Gasteiger partial charge is 0.245 e. The van der Waals surface area contributed by atoms with Crippen LogP contribution in [0.1, 0.15) is 24.1 Å². The third-order valence-corrected chi connectivity index (χ3v) is 4.76. The van der Waals surface area contributed by atoms with Gasteiger partial charge >= 0.3 is 0 Å². The van der Waals surface area contributed by atoms with Crippen LogP contribution in [0, 0.1) is 13.8 Å². The summed E-state index contributed by atoms with van der Waals surface area (Å²) in [6.07, 6.45) is 1.66. The molecule has 140 valence electrons. The molecule has 6 heteroatoms. The normalized spacial score (nSPS) is 12.0. The number of likely N-dealkylation sites (N-methyl/N-ethyl adjacent to an activating group) is 1. The molecule has 3 rings (SSSR count). The second kappa shape index (κ2) is 7.61. The quantitative estimate of drug-likeness (QED) is 0.755. The summed E-state index contributed by atoms with van der Waals surface area (Å²) >= 11 is 0. The van der Waals surface area contributed by atoms with Gasteiger partial charge in [0.25, 0.3) is 0 Å². The molecule has 0 saturated heterocycles. The number of hydrogen-bond donors (Lipinski definition) is 1. The van der Waals surface area contributed by atoms with Gasteiger partial charge in [0.15, 0.2) is 0 Å². The Morgan fingerprint density at radius 1 is 1.11 bits per heavy atom. The molecule has 0 aliphatic heterocycles. The molecule has 6 nitrogen and oxygen atoms in total. The van der Waals surface area contributed by atoms with Crippen LogP contribution in [0.25, 0.3) is 11.0 Å². The number of hydrogen-bond acceptors (Lipinski definition) is 3. The van der Waals surface area contributed by atoms with Gasteiger partial charge in [0.1, 0.15) is 6.04 Å². The molecule has 1 atom stereocenters. The second-order valence-corrected chi connectivity index (χ2v) is 6.83. The molecule has 0 bridgehead atoms. The lowest BCUT2D eigenvalue weighted by Crippen LogP contribution is -2.38. The molecule has 2 aromatic carbocycles. The molecular weight excluding hydrogens is 340 g/mol. The lowest BCUT2D eigenvalue weighted by molar-refractivity contribution is -0.135. The molecule has 2 amide bonds. The average molecular weight is 364 g/mol. The van der Waals surface area contributed by atoms with E-state index in [9.17, 15) is 9.59 Å². The maximum absolute atomic E-state index is 12.8. The van der Waals surface area contributed by atoms with Gasteiger partial charge in [0, 0.05) is 12.7 Å². The number of nitrogens with zero attached hydrogens (tertiary/aromatic N) is 3. The third kappa shape index (κ3) is 3.84. The first kappa shape index (κ1) is 18.6. The fourth-order valence-electron chi connectivity index (χ4n) is 3.21. The van der Waals surface area contributed by atoms with Gasteiger partial charge in [-0.05, 0) is 44.0 Å². The zero-order valence-corrected chi connectivity index (χ0v) is 16.1. The van der Waals surface area contributed by atoms with Crippen molar-refractivity contribution in [3.63, 3.8) is 0 Å². The van der Waals surface area contributed by atoms with Crippen molar-refractivity contribution in [2.45, 2.75) is 26.8 Å². The van der Waals surface area contributed by atoms with Gasteiger partial charge in [0.2, 0.25) is 11.8 Å². The fraction of sp³-hybridized carbons (Fsp3) is 0.286. The predicted octanol–water partition coefficient (Wildman–Crippen LogP) is 3.31. The Bertz CT molecular complexity index is 973. The molecule has 0 fully saturated rings. The van der Waals surface area contributed by atoms with E-state index in [1.54, 1.807) is 13.4 Å². The van der Waals surface area contributed by atoms with Crippen molar-refractivity contribution in [3.8, 4) is 0 Å². The number of para-hydroxylation sites is 3. The van der Waals surface area contributed by atoms with Crippen molar-refractivity contribution in [2.75, 3.05) is 18.9 Å². The zero-order chi connectivity index (χ0) is 19.6. The first-order valence-corrected chi connectivity index (χ1v) is 8.91. The van der Waals surface area contributed by atoms with Crippen LogP contribution in [-0.4, -0.2) is 39.9 Å². The molecule has 1 heterocycles. The van der Waals surface area contributed by atoms with Gasteiger partial charge in [-0.3, -0.25) is 9.59 Å². The van der Waals surface area contributed by atoms with E-state index in [-0.39, 0.29) is 18.4 Å². The summed E-state index contributed by atoms with van der Waals surface area (Å²) in [4.78, 5) is 31.0. The second-order valence-electron chi connectivity index (χ2n) is 6.83.